The van der Waals surface area contributed by atoms with Gasteiger partial charge in [0.1, 0.15) is 5.75 Å². The van der Waals surface area contributed by atoms with Crippen LogP contribution in [-0.4, -0.2) is 62.5 Å². The molecule has 1 aliphatic rings. The van der Waals surface area contributed by atoms with Gasteiger partial charge in [-0.1, -0.05) is 0 Å². The zero-order valence-corrected chi connectivity index (χ0v) is 12.0. The standard InChI is InChI=1S/C15H22N2O2/c1-12-10-13(4-5-15(12)19-3)14(18)11-17-8-6-16(2)7-9-17/h4-5,10H,6-9,11H2,1-3H3. The van der Waals surface area contributed by atoms with Crippen LogP contribution in [-0.2, 0) is 0 Å². The van der Waals surface area contributed by atoms with Gasteiger partial charge >= 0.3 is 0 Å². The third kappa shape index (κ3) is 3.55. The van der Waals surface area contributed by atoms with Gasteiger partial charge in [-0.3, -0.25) is 9.69 Å². The lowest BCUT2D eigenvalue weighted by atomic mass is 10.1. The number of piperazine rings is 1. The summed E-state index contributed by atoms with van der Waals surface area (Å²) in [5, 5.41) is 0. The van der Waals surface area contributed by atoms with Crippen molar-refractivity contribution in [1.82, 2.24) is 9.80 Å². The van der Waals surface area contributed by atoms with Crippen LogP contribution in [0, 0.1) is 6.92 Å². The minimum atomic E-state index is 0.190. The molecule has 1 aromatic carbocycles. The van der Waals surface area contributed by atoms with Gasteiger partial charge in [-0.2, -0.15) is 0 Å². The average Bonchev–Trinajstić information content (AvgIpc) is 2.41. The molecule has 0 radical (unpaired) electrons. The van der Waals surface area contributed by atoms with Crippen molar-refractivity contribution in [2.75, 3.05) is 46.9 Å². The van der Waals surface area contributed by atoms with Crippen molar-refractivity contribution in [3.63, 3.8) is 0 Å². The third-order valence-electron chi connectivity index (χ3n) is 3.68. The first-order chi connectivity index (χ1) is 9.10. The number of aryl methyl sites for hydroxylation is 1. The van der Waals surface area contributed by atoms with Crippen molar-refractivity contribution < 1.29 is 9.53 Å². The molecular formula is C15H22N2O2. The van der Waals surface area contributed by atoms with Gasteiger partial charge in [0.15, 0.2) is 5.78 Å². The van der Waals surface area contributed by atoms with Crippen molar-refractivity contribution in [2.45, 2.75) is 6.92 Å². The molecule has 1 aromatic rings. The van der Waals surface area contributed by atoms with Crippen LogP contribution in [0.4, 0.5) is 0 Å². The molecular weight excluding hydrogens is 240 g/mol. The summed E-state index contributed by atoms with van der Waals surface area (Å²) < 4.78 is 5.21. The second-order valence-electron chi connectivity index (χ2n) is 5.19. The fourth-order valence-corrected chi connectivity index (χ4v) is 2.35. The fraction of sp³-hybridized carbons (Fsp3) is 0.533. The van der Waals surface area contributed by atoms with E-state index in [1.54, 1.807) is 7.11 Å². The lowest BCUT2D eigenvalue weighted by molar-refractivity contribution is 0.0876. The van der Waals surface area contributed by atoms with E-state index in [0.29, 0.717) is 6.54 Å². The number of benzene rings is 1. The zero-order valence-electron chi connectivity index (χ0n) is 12.0. The van der Waals surface area contributed by atoms with E-state index in [4.69, 9.17) is 4.74 Å². The number of Topliss-reactive ketones (excluding diaryl/α,β-unsaturated/α-hetero) is 1. The van der Waals surface area contributed by atoms with Crippen molar-refractivity contribution in [1.29, 1.82) is 0 Å². The van der Waals surface area contributed by atoms with Gasteiger partial charge in [-0.15, -0.1) is 0 Å². The molecule has 1 fully saturated rings. The summed E-state index contributed by atoms with van der Waals surface area (Å²) >= 11 is 0. The van der Waals surface area contributed by atoms with Gasteiger partial charge in [0.25, 0.3) is 0 Å². The van der Waals surface area contributed by atoms with Gasteiger partial charge in [-0.05, 0) is 37.7 Å². The number of nitrogens with zero attached hydrogens (tertiary/aromatic N) is 2. The Hall–Kier alpha value is -1.39. The highest BCUT2D eigenvalue weighted by molar-refractivity contribution is 5.98. The van der Waals surface area contributed by atoms with Crippen LogP contribution in [0.25, 0.3) is 0 Å². The molecule has 1 aliphatic heterocycles. The molecule has 0 aromatic heterocycles. The van der Waals surface area contributed by atoms with Gasteiger partial charge in [0.05, 0.1) is 13.7 Å². The lowest BCUT2D eigenvalue weighted by Crippen LogP contribution is -2.46. The fourth-order valence-electron chi connectivity index (χ4n) is 2.35. The van der Waals surface area contributed by atoms with Crippen molar-refractivity contribution in [3.05, 3.63) is 29.3 Å². The molecule has 4 heteroatoms. The monoisotopic (exact) mass is 262 g/mol. The predicted molar refractivity (Wildman–Crippen MR) is 76.0 cm³/mol. The Bertz CT molecular complexity index is 451. The van der Waals surface area contributed by atoms with E-state index in [-0.39, 0.29) is 5.78 Å². The maximum Gasteiger partial charge on any atom is 0.176 e. The minimum absolute atomic E-state index is 0.190. The van der Waals surface area contributed by atoms with Gasteiger partial charge in [-0.25, -0.2) is 0 Å². The van der Waals surface area contributed by atoms with E-state index in [9.17, 15) is 4.79 Å². The van der Waals surface area contributed by atoms with E-state index >= 15 is 0 Å². The Morgan fingerprint density at radius 1 is 1.26 bits per heavy atom. The maximum absolute atomic E-state index is 12.3. The molecule has 2 rings (SSSR count). The molecule has 104 valence electrons. The molecule has 0 saturated carbocycles. The number of carbonyl (C=O) groups excluding carboxylic acids is 1. The molecule has 19 heavy (non-hydrogen) atoms. The van der Waals surface area contributed by atoms with Gasteiger partial charge < -0.3 is 9.64 Å². The molecule has 0 unspecified atom stereocenters. The Morgan fingerprint density at radius 3 is 2.53 bits per heavy atom. The molecule has 1 saturated heterocycles. The SMILES string of the molecule is COc1ccc(C(=O)CN2CCN(C)CC2)cc1C. The molecule has 4 nitrogen and oxygen atoms in total. The lowest BCUT2D eigenvalue weighted by Gasteiger charge is -2.31. The number of ether oxygens (including phenoxy) is 1. The number of ketones is 1. The second kappa shape index (κ2) is 6.17. The van der Waals surface area contributed by atoms with E-state index < -0.39 is 0 Å². The molecule has 0 spiro atoms. The number of hydrogen-bond acceptors (Lipinski definition) is 4. The van der Waals surface area contributed by atoms with Crippen LogP contribution in [0.1, 0.15) is 15.9 Å². The Kier molecular flexibility index (Phi) is 4.56. The average molecular weight is 262 g/mol. The van der Waals surface area contributed by atoms with Gasteiger partial charge in [0, 0.05) is 31.7 Å². The Balaban J connectivity index is 1.98. The predicted octanol–water partition coefficient (Wildman–Crippen LogP) is 1.43. The van der Waals surface area contributed by atoms with Crippen molar-refractivity contribution >= 4 is 5.78 Å². The summed E-state index contributed by atoms with van der Waals surface area (Å²) in [6.45, 7) is 6.49. The summed E-state index contributed by atoms with van der Waals surface area (Å²) in [6.07, 6.45) is 0. The maximum atomic E-state index is 12.3. The first-order valence-electron chi connectivity index (χ1n) is 6.69. The smallest absolute Gasteiger partial charge is 0.176 e. The largest absolute Gasteiger partial charge is 0.496 e. The summed E-state index contributed by atoms with van der Waals surface area (Å²) in [6, 6.07) is 5.63. The minimum Gasteiger partial charge on any atom is -0.496 e. The first-order valence-corrected chi connectivity index (χ1v) is 6.69. The normalized spacial score (nSPS) is 17.4. The molecule has 0 N–H and O–H groups in total. The number of rotatable bonds is 4. The topological polar surface area (TPSA) is 32.8 Å². The molecule has 1 heterocycles. The summed E-state index contributed by atoms with van der Waals surface area (Å²) in [4.78, 5) is 16.8. The number of likely N-dealkylation sites (N-methyl/N-ethyl adjacent to an activating group) is 1. The summed E-state index contributed by atoms with van der Waals surface area (Å²) in [7, 11) is 3.76. The van der Waals surface area contributed by atoms with Crippen LogP contribution in [0.3, 0.4) is 0 Å². The van der Waals surface area contributed by atoms with Crippen molar-refractivity contribution in [2.24, 2.45) is 0 Å². The molecule has 0 bridgehead atoms. The summed E-state index contributed by atoms with van der Waals surface area (Å²) in [5.74, 6) is 1.02. The highest BCUT2D eigenvalue weighted by atomic mass is 16.5. The molecule has 0 atom stereocenters. The Morgan fingerprint density at radius 2 is 1.95 bits per heavy atom. The number of methoxy groups -OCH3 is 1. The van der Waals surface area contributed by atoms with E-state index in [0.717, 1.165) is 43.1 Å². The third-order valence-corrected chi connectivity index (χ3v) is 3.68. The van der Waals surface area contributed by atoms with Crippen LogP contribution in [0.5, 0.6) is 5.75 Å². The second-order valence-corrected chi connectivity index (χ2v) is 5.19. The van der Waals surface area contributed by atoms with Crippen LogP contribution in [0.2, 0.25) is 0 Å². The van der Waals surface area contributed by atoms with E-state index in [1.807, 2.05) is 25.1 Å². The Labute approximate surface area is 115 Å². The molecule has 0 aliphatic carbocycles. The van der Waals surface area contributed by atoms with Crippen LogP contribution >= 0.6 is 0 Å². The number of hydrogen-bond donors (Lipinski definition) is 0. The quantitative estimate of drug-likeness (QED) is 0.769. The van der Waals surface area contributed by atoms with E-state index in [1.165, 1.54) is 0 Å². The number of carbonyl (C=O) groups is 1. The van der Waals surface area contributed by atoms with Gasteiger partial charge in [0.2, 0.25) is 0 Å². The highest BCUT2D eigenvalue weighted by Crippen LogP contribution is 2.19. The van der Waals surface area contributed by atoms with Crippen molar-refractivity contribution in [3.8, 4) is 5.75 Å². The van der Waals surface area contributed by atoms with Crippen LogP contribution in [0.15, 0.2) is 18.2 Å². The van der Waals surface area contributed by atoms with E-state index in [2.05, 4.69) is 16.8 Å². The summed E-state index contributed by atoms with van der Waals surface area (Å²) in [5.41, 5.74) is 1.78. The first kappa shape index (κ1) is 14.0. The highest BCUT2D eigenvalue weighted by Gasteiger charge is 2.17. The zero-order chi connectivity index (χ0) is 13.8. The van der Waals surface area contributed by atoms with Crippen LogP contribution < -0.4 is 4.74 Å². The molecule has 0 amide bonds.